The number of hydrogen-bond donors (Lipinski definition) is 2. The molecule has 0 aliphatic carbocycles. The maximum Gasteiger partial charge on any atom is 0.270 e. The summed E-state index contributed by atoms with van der Waals surface area (Å²) in [6.45, 7) is 4.02. The number of likely N-dealkylation sites (N-methyl/N-ethyl adjacent to an activating group) is 1. The number of H-pyrrole nitrogens is 1. The molecule has 2 rings (SSSR count). The summed E-state index contributed by atoms with van der Waals surface area (Å²) < 4.78 is 0. The molecule has 0 unspecified atom stereocenters. The normalized spacial score (nSPS) is 10.4. The van der Waals surface area contributed by atoms with Crippen molar-refractivity contribution >= 4 is 40.7 Å². The minimum Gasteiger partial charge on any atom is -0.356 e. The molecular weight excluding hydrogens is 337 g/mol. The molecular formula is C16H17Cl2N3O2. The van der Waals surface area contributed by atoms with Crippen molar-refractivity contribution in [2.75, 3.05) is 18.4 Å². The molecule has 2 N–H and O–H groups in total. The van der Waals surface area contributed by atoms with Gasteiger partial charge in [0.2, 0.25) is 5.91 Å². The summed E-state index contributed by atoms with van der Waals surface area (Å²) in [5.41, 5.74) is 1.88. The Hall–Kier alpha value is -1.98. The summed E-state index contributed by atoms with van der Waals surface area (Å²) in [6.07, 6.45) is 1.53. The van der Waals surface area contributed by atoms with E-state index in [0.717, 1.165) is 5.56 Å². The van der Waals surface area contributed by atoms with Crippen molar-refractivity contribution in [1.82, 2.24) is 9.88 Å². The van der Waals surface area contributed by atoms with Crippen LogP contribution in [0.25, 0.3) is 0 Å². The molecule has 1 heterocycles. The van der Waals surface area contributed by atoms with E-state index in [1.54, 1.807) is 19.1 Å². The van der Waals surface area contributed by atoms with E-state index in [9.17, 15) is 9.59 Å². The predicted molar refractivity (Wildman–Crippen MR) is 92.2 cm³/mol. The highest BCUT2D eigenvalue weighted by Crippen LogP contribution is 2.20. The molecule has 0 atom stereocenters. The van der Waals surface area contributed by atoms with Crippen molar-refractivity contribution in [1.29, 1.82) is 0 Å². The Labute approximate surface area is 144 Å². The van der Waals surface area contributed by atoms with Gasteiger partial charge in [-0.05, 0) is 37.6 Å². The van der Waals surface area contributed by atoms with Gasteiger partial charge in [0.15, 0.2) is 0 Å². The minimum atomic E-state index is -0.289. The molecule has 1 aromatic heterocycles. The van der Waals surface area contributed by atoms with Gasteiger partial charge in [0.1, 0.15) is 12.2 Å². The zero-order valence-electron chi connectivity index (χ0n) is 12.8. The van der Waals surface area contributed by atoms with Gasteiger partial charge in [0.05, 0.1) is 5.02 Å². The second-order valence-corrected chi connectivity index (χ2v) is 5.93. The molecule has 0 spiro atoms. The summed E-state index contributed by atoms with van der Waals surface area (Å²) in [7, 11) is 0. The summed E-state index contributed by atoms with van der Waals surface area (Å²) in [6, 6.07) is 6.79. The van der Waals surface area contributed by atoms with Gasteiger partial charge in [0.25, 0.3) is 5.91 Å². The van der Waals surface area contributed by atoms with E-state index in [2.05, 4.69) is 10.3 Å². The van der Waals surface area contributed by atoms with Crippen molar-refractivity contribution in [2.24, 2.45) is 0 Å². The number of hydrogen-bond acceptors (Lipinski definition) is 2. The quantitative estimate of drug-likeness (QED) is 0.859. The number of halogens is 2. The van der Waals surface area contributed by atoms with Gasteiger partial charge in [-0.25, -0.2) is 0 Å². The van der Waals surface area contributed by atoms with Crippen LogP contribution in [0.1, 0.15) is 23.0 Å². The number of benzene rings is 1. The molecule has 2 amide bonds. The first-order valence-electron chi connectivity index (χ1n) is 7.10. The molecule has 5 nitrogen and oxygen atoms in total. The second-order valence-electron chi connectivity index (χ2n) is 5.06. The highest BCUT2D eigenvalue weighted by Gasteiger charge is 2.19. The first-order valence-corrected chi connectivity index (χ1v) is 7.85. The van der Waals surface area contributed by atoms with Crippen LogP contribution in [0.4, 0.5) is 5.69 Å². The molecule has 0 saturated carbocycles. The Morgan fingerprint density at radius 1 is 1.22 bits per heavy atom. The van der Waals surface area contributed by atoms with Crippen LogP contribution in [0.15, 0.2) is 30.5 Å². The lowest BCUT2D eigenvalue weighted by Crippen LogP contribution is -2.38. The van der Waals surface area contributed by atoms with Gasteiger partial charge in [-0.3, -0.25) is 9.59 Å². The van der Waals surface area contributed by atoms with E-state index >= 15 is 0 Å². The number of nitrogens with one attached hydrogen (secondary N) is 2. The molecule has 23 heavy (non-hydrogen) atoms. The third-order valence-corrected chi connectivity index (χ3v) is 3.81. The lowest BCUT2D eigenvalue weighted by molar-refractivity contribution is -0.116. The second kappa shape index (κ2) is 7.53. The lowest BCUT2D eigenvalue weighted by Gasteiger charge is -2.20. The average Bonchev–Trinajstić information content (AvgIpc) is 2.94. The SMILES string of the molecule is CCN(CC(=O)Nc1cc(Cl)ccc1C)C(=O)c1cc(Cl)c[nH]1. The van der Waals surface area contributed by atoms with E-state index in [1.165, 1.54) is 17.2 Å². The van der Waals surface area contributed by atoms with Crippen molar-refractivity contribution in [3.63, 3.8) is 0 Å². The summed E-state index contributed by atoms with van der Waals surface area (Å²) in [5, 5.41) is 3.76. The van der Waals surface area contributed by atoms with Crippen LogP contribution in [0, 0.1) is 6.92 Å². The molecule has 0 radical (unpaired) electrons. The molecule has 0 aliphatic heterocycles. The molecule has 2 aromatic rings. The number of carbonyl (C=O) groups is 2. The number of aryl methyl sites for hydroxylation is 1. The van der Waals surface area contributed by atoms with Gasteiger partial charge in [-0.2, -0.15) is 0 Å². The van der Waals surface area contributed by atoms with Crippen molar-refractivity contribution in [2.45, 2.75) is 13.8 Å². The Morgan fingerprint density at radius 2 is 1.96 bits per heavy atom. The zero-order chi connectivity index (χ0) is 17.0. The van der Waals surface area contributed by atoms with Gasteiger partial charge in [-0.15, -0.1) is 0 Å². The van der Waals surface area contributed by atoms with Gasteiger partial charge < -0.3 is 15.2 Å². The molecule has 0 saturated heterocycles. The summed E-state index contributed by atoms with van der Waals surface area (Å²) in [5.74, 6) is -0.569. The summed E-state index contributed by atoms with van der Waals surface area (Å²) in [4.78, 5) is 28.8. The molecule has 1 aromatic carbocycles. The fraction of sp³-hybridized carbons (Fsp3) is 0.250. The Balaban J connectivity index is 2.05. The predicted octanol–water partition coefficient (Wildman–Crippen LogP) is 3.73. The fourth-order valence-corrected chi connectivity index (χ4v) is 2.42. The van der Waals surface area contributed by atoms with Crippen LogP contribution in [-0.2, 0) is 4.79 Å². The van der Waals surface area contributed by atoms with E-state index < -0.39 is 0 Å². The molecule has 0 bridgehead atoms. The van der Waals surface area contributed by atoms with Gasteiger partial charge in [0, 0.05) is 23.5 Å². The van der Waals surface area contributed by atoms with Gasteiger partial charge in [-0.1, -0.05) is 29.3 Å². The zero-order valence-corrected chi connectivity index (χ0v) is 14.3. The van der Waals surface area contributed by atoms with Crippen LogP contribution >= 0.6 is 23.2 Å². The van der Waals surface area contributed by atoms with Crippen LogP contribution in [0.2, 0.25) is 10.0 Å². The first-order chi connectivity index (χ1) is 10.9. The van der Waals surface area contributed by atoms with E-state index in [4.69, 9.17) is 23.2 Å². The number of anilines is 1. The monoisotopic (exact) mass is 353 g/mol. The molecule has 0 fully saturated rings. The molecule has 0 aliphatic rings. The highest BCUT2D eigenvalue weighted by molar-refractivity contribution is 6.31. The number of aromatic amines is 1. The van der Waals surface area contributed by atoms with Crippen molar-refractivity contribution < 1.29 is 9.59 Å². The van der Waals surface area contributed by atoms with Crippen LogP contribution in [-0.4, -0.2) is 34.8 Å². The first kappa shape index (κ1) is 17.4. The lowest BCUT2D eigenvalue weighted by atomic mass is 10.2. The fourth-order valence-electron chi connectivity index (χ4n) is 2.08. The number of aromatic nitrogens is 1. The molecule has 7 heteroatoms. The molecule has 122 valence electrons. The van der Waals surface area contributed by atoms with E-state index in [0.29, 0.717) is 28.0 Å². The van der Waals surface area contributed by atoms with E-state index in [1.807, 2.05) is 13.0 Å². The Bertz CT molecular complexity index is 728. The maximum absolute atomic E-state index is 12.3. The third-order valence-electron chi connectivity index (χ3n) is 3.36. The van der Waals surface area contributed by atoms with Crippen LogP contribution in [0.3, 0.4) is 0 Å². The van der Waals surface area contributed by atoms with Gasteiger partial charge >= 0.3 is 0 Å². The number of carbonyl (C=O) groups excluding carboxylic acids is 2. The van der Waals surface area contributed by atoms with Crippen molar-refractivity contribution in [3.8, 4) is 0 Å². The van der Waals surface area contributed by atoms with Crippen LogP contribution in [0.5, 0.6) is 0 Å². The smallest absolute Gasteiger partial charge is 0.270 e. The minimum absolute atomic E-state index is 0.0576. The highest BCUT2D eigenvalue weighted by atomic mass is 35.5. The van der Waals surface area contributed by atoms with E-state index in [-0.39, 0.29) is 18.4 Å². The number of amides is 2. The Morgan fingerprint density at radius 3 is 2.57 bits per heavy atom. The largest absolute Gasteiger partial charge is 0.356 e. The maximum atomic E-state index is 12.3. The van der Waals surface area contributed by atoms with Crippen molar-refractivity contribution in [3.05, 3.63) is 51.8 Å². The summed E-state index contributed by atoms with van der Waals surface area (Å²) >= 11 is 11.7. The topological polar surface area (TPSA) is 65.2 Å². The number of rotatable bonds is 5. The van der Waals surface area contributed by atoms with Crippen LogP contribution < -0.4 is 5.32 Å². The number of nitrogens with zero attached hydrogens (tertiary/aromatic N) is 1. The standard InChI is InChI=1S/C16H17Cl2N3O2/c1-3-21(16(23)14-7-12(18)8-19-14)9-15(22)20-13-6-11(17)5-4-10(13)2/h4-8,19H,3,9H2,1-2H3,(H,20,22). The Kier molecular flexibility index (Phi) is 5.69. The average molecular weight is 354 g/mol. The third kappa shape index (κ3) is 4.50.